The molecule has 2 heterocycles. The maximum Gasteiger partial charge on any atom is 0.166 e. The summed E-state index contributed by atoms with van der Waals surface area (Å²) in [5.41, 5.74) is 7.02. The zero-order valence-electron chi connectivity index (χ0n) is 11.8. The van der Waals surface area contributed by atoms with Gasteiger partial charge in [0, 0.05) is 11.8 Å². The Bertz CT molecular complexity index is 775. The fourth-order valence-electron chi connectivity index (χ4n) is 2.13. The molecule has 1 aromatic carbocycles. The quantitative estimate of drug-likeness (QED) is 0.801. The molecule has 0 aliphatic rings. The molecule has 0 aliphatic carbocycles. The summed E-state index contributed by atoms with van der Waals surface area (Å²) in [6.45, 7) is 1.80. The zero-order chi connectivity index (χ0) is 15.5. The molecule has 3 aromatic rings. The Morgan fingerprint density at radius 1 is 1.18 bits per heavy atom. The van der Waals surface area contributed by atoms with Crippen LogP contribution in [0, 0.1) is 5.82 Å². The van der Waals surface area contributed by atoms with Crippen LogP contribution in [-0.2, 0) is 0 Å². The van der Waals surface area contributed by atoms with Gasteiger partial charge in [0.25, 0.3) is 0 Å². The van der Waals surface area contributed by atoms with Crippen LogP contribution in [0.15, 0.2) is 48.9 Å². The molecule has 3 rings (SSSR count). The minimum Gasteiger partial charge on any atom is -0.482 e. The second kappa shape index (κ2) is 5.80. The third-order valence-corrected chi connectivity index (χ3v) is 3.17. The lowest BCUT2D eigenvalue weighted by Crippen LogP contribution is -2.11. The number of nitrogens with zero attached hydrogens (tertiary/aromatic N) is 4. The van der Waals surface area contributed by atoms with Crippen molar-refractivity contribution in [3.8, 4) is 11.4 Å². The van der Waals surface area contributed by atoms with E-state index in [-0.39, 0.29) is 11.6 Å². The lowest BCUT2D eigenvalue weighted by molar-refractivity contribution is 0.226. The highest BCUT2D eigenvalue weighted by atomic mass is 19.1. The highest BCUT2D eigenvalue weighted by molar-refractivity contribution is 5.46. The minimum atomic E-state index is -0.455. The fraction of sp³-hybridized carbons (Fsp3) is 0.133. The van der Waals surface area contributed by atoms with Gasteiger partial charge in [-0.3, -0.25) is 0 Å². The van der Waals surface area contributed by atoms with Gasteiger partial charge in [-0.25, -0.2) is 9.37 Å². The summed E-state index contributed by atoms with van der Waals surface area (Å²) in [4.78, 5) is 5.38. The Balaban J connectivity index is 1.97. The van der Waals surface area contributed by atoms with Crippen molar-refractivity contribution in [2.75, 3.05) is 5.73 Å². The number of hydrogen-bond donors (Lipinski definition) is 1. The molecule has 0 saturated carbocycles. The topological polar surface area (TPSA) is 78.9 Å². The van der Waals surface area contributed by atoms with E-state index in [0.717, 1.165) is 0 Å². The van der Waals surface area contributed by atoms with Gasteiger partial charge in [-0.2, -0.15) is 15.0 Å². The number of nitrogen functional groups attached to an aromatic ring is 1. The summed E-state index contributed by atoms with van der Waals surface area (Å²) in [7, 11) is 0. The number of hydrogen-bond acceptors (Lipinski definition) is 5. The first-order valence-corrected chi connectivity index (χ1v) is 6.68. The molecule has 0 radical (unpaired) electrons. The molecule has 0 bridgehead atoms. The van der Waals surface area contributed by atoms with E-state index in [9.17, 15) is 4.39 Å². The van der Waals surface area contributed by atoms with Gasteiger partial charge in [-0.1, -0.05) is 0 Å². The smallest absolute Gasteiger partial charge is 0.166 e. The Morgan fingerprint density at radius 3 is 2.68 bits per heavy atom. The molecule has 0 fully saturated rings. The van der Waals surface area contributed by atoms with E-state index < -0.39 is 6.10 Å². The Labute approximate surface area is 126 Å². The molecule has 1 atom stereocenters. The monoisotopic (exact) mass is 299 g/mol. The van der Waals surface area contributed by atoms with Crippen LogP contribution in [0.25, 0.3) is 5.69 Å². The molecule has 6 nitrogen and oxygen atoms in total. The third-order valence-electron chi connectivity index (χ3n) is 3.17. The largest absolute Gasteiger partial charge is 0.482 e. The van der Waals surface area contributed by atoms with Crippen LogP contribution in [-0.4, -0.2) is 20.0 Å². The number of benzene rings is 1. The fourth-order valence-corrected chi connectivity index (χ4v) is 2.13. The molecule has 0 spiro atoms. The van der Waals surface area contributed by atoms with Crippen molar-refractivity contribution in [2.45, 2.75) is 13.0 Å². The molecule has 0 unspecified atom stereocenters. The Hall–Kier alpha value is -2.96. The second-order valence-electron chi connectivity index (χ2n) is 4.67. The molecule has 22 heavy (non-hydrogen) atoms. The third kappa shape index (κ3) is 2.73. The molecular weight excluding hydrogens is 285 g/mol. The van der Waals surface area contributed by atoms with Crippen molar-refractivity contribution in [1.82, 2.24) is 20.0 Å². The number of ether oxygens (including phenoxy) is 1. The average Bonchev–Trinajstić information content (AvgIpc) is 3.03. The van der Waals surface area contributed by atoms with E-state index in [1.807, 2.05) is 0 Å². The SMILES string of the molecule is C[C@@H](Oc1cccnc1N)c1cc(F)ccc1-n1nccn1. The van der Waals surface area contributed by atoms with Crippen LogP contribution in [0.3, 0.4) is 0 Å². The van der Waals surface area contributed by atoms with E-state index in [1.54, 1.807) is 43.7 Å². The first-order chi connectivity index (χ1) is 10.6. The predicted octanol–water partition coefficient (Wildman–Crippen LogP) is 2.52. The average molecular weight is 299 g/mol. The van der Waals surface area contributed by atoms with Gasteiger partial charge in [0.05, 0.1) is 18.1 Å². The first-order valence-electron chi connectivity index (χ1n) is 6.68. The Morgan fingerprint density at radius 2 is 1.95 bits per heavy atom. The molecule has 7 heteroatoms. The van der Waals surface area contributed by atoms with Gasteiger partial charge < -0.3 is 10.5 Å². The lowest BCUT2D eigenvalue weighted by atomic mass is 10.1. The van der Waals surface area contributed by atoms with Gasteiger partial charge in [-0.05, 0) is 37.3 Å². The number of pyridine rings is 1. The summed E-state index contributed by atoms with van der Waals surface area (Å²) in [6.07, 6.45) is 4.23. The van der Waals surface area contributed by atoms with Gasteiger partial charge >= 0.3 is 0 Å². The van der Waals surface area contributed by atoms with Crippen LogP contribution in [0.1, 0.15) is 18.6 Å². The maximum absolute atomic E-state index is 13.6. The van der Waals surface area contributed by atoms with Crippen molar-refractivity contribution >= 4 is 5.82 Å². The predicted molar refractivity (Wildman–Crippen MR) is 79.0 cm³/mol. The molecular formula is C15H14FN5O. The van der Waals surface area contributed by atoms with Crippen LogP contribution >= 0.6 is 0 Å². The Kier molecular flexibility index (Phi) is 3.69. The normalized spacial score (nSPS) is 12.1. The number of anilines is 1. The number of nitrogens with two attached hydrogens (primary N) is 1. The van der Waals surface area contributed by atoms with Crippen molar-refractivity contribution in [2.24, 2.45) is 0 Å². The molecule has 0 aliphatic heterocycles. The minimum absolute atomic E-state index is 0.282. The van der Waals surface area contributed by atoms with Crippen molar-refractivity contribution in [1.29, 1.82) is 0 Å². The first kappa shape index (κ1) is 14.0. The van der Waals surface area contributed by atoms with Gasteiger partial charge in [0.1, 0.15) is 11.9 Å². The molecule has 0 amide bonds. The van der Waals surface area contributed by atoms with Gasteiger partial charge in [0.2, 0.25) is 0 Å². The van der Waals surface area contributed by atoms with E-state index in [2.05, 4.69) is 15.2 Å². The van der Waals surface area contributed by atoms with Crippen LogP contribution in [0.5, 0.6) is 5.75 Å². The van der Waals surface area contributed by atoms with Crippen molar-refractivity contribution in [3.05, 3.63) is 60.3 Å². The molecule has 2 aromatic heterocycles. The number of aromatic nitrogens is 4. The molecule has 2 N–H and O–H groups in total. The van der Waals surface area contributed by atoms with E-state index in [1.165, 1.54) is 16.9 Å². The number of rotatable bonds is 4. The number of halogens is 1. The molecule has 112 valence electrons. The highest BCUT2D eigenvalue weighted by Gasteiger charge is 2.17. The van der Waals surface area contributed by atoms with Crippen LogP contribution < -0.4 is 10.5 Å². The van der Waals surface area contributed by atoms with E-state index >= 15 is 0 Å². The zero-order valence-corrected chi connectivity index (χ0v) is 11.8. The molecule has 0 saturated heterocycles. The van der Waals surface area contributed by atoms with Crippen LogP contribution in [0.2, 0.25) is 0 Å². The van der Waals surface area contributed by atoms with E-state index in [0.29, 0.717) is 17.0 Å². The summed E-state index contributed by atoms with van der Waals surface area (Å²) in [6, 6.07) is 7.80. The standard InChI is InChI=1S/C15H14FN5O/c1-10(22-14-3-2-6-18-15(14)17)12-9-11(16)4-5-13(12)21-19-7-8-20-21/h2-10H,1H3,(H2,17,18)/t10-/m1/s1. The van der Waals surface area contributed by atoms with Crippen molar-refractivity contribution in [3.63, 3.8) is 0 Å². The highest BCUT2D eigenvalue weighted by Crippen LogP contribution is 2.28. The summed E-state index contributed by atoms with van der Waals surface area (Å²) in [5.74, 6) is 0.365. The lowest BCUT2D eigenvalue weighted by Gasteiger charge is -2.18. The van der Waals surface area contributed by atoms with E-state index in [4.69, 9.17) is 10.5 Å². The summed E-state index contributed by atoms with van der Waals surface area (Å²) < 4.78 is 19.4. The van der Waals surface area contributed by atoms with Gasteiger partial charge in [0.15, 0.2) is 11.6 Å². The van der Waals surface area contributed by atoms with Gasteiger partial charge in [-0.15, -0.1) is 0 Å². The summed E-state index contributed by atoms with van der Waals surface area (Å²) >= 11 is 0. The van der Waals surface area contributed by atoms with Crippen molar-refractivity contribution < 1.29 is 9.13 Å². The summed E-state index contributed by atoms with van der Waals surface area (Å²) in [5, 5.41) is 8.15. The second-order valence-corrected chi connectivity index (χ2v) is 4.67. The van der Waals surface area contributed by atoms with Crippen LogP contribution in [0.4, 0.5) is 10.2 Å². The maximum atomic E-state index is 13.6.